The van der Waals surface area contributed by atoms with E-state index in [1.54, 1.807) is 20.8 Å². The van der Waals surface area contributed by atoms with Crippen molar-refractivity contribution in [1.82, 2.24) is 10.2 Å². The highest BCUT2D eigenvalue weighted by molar-refractivity contribution is 7.92. The summed E-state index contributed by atoms with van der Waals surface area (Å²) < 4.78 is 22.6. The fourth-order valence-corrected chi connectivity index (χ4v) is 2.47. The molecule has 1 heterocycles. The molecule has 0 radical (unpaired) electrons. The summed E-state index contributed by atoms with van der Waals surface area (Å²) >= 11 is 0. The third kappa shape index (κ3) is 3.31. The van der Waals surface area contributed by atoms with E-state index in [4.69, 9.17) is 0 Å². The lowest BCUT2D eigenvalue weighted by atomic mass is 9.97. The van der Waals surface area contributed by atoms with Gasteiger partial charge in [-0.15, -0.1) is 0 Å². The van der Waals surface area contributed by atoms with E-state index in [9.17, 15) is 18.0 Å². The summed E-state index contributed by atoms with van der Waals surface area (Å²) in [4.78, 5) is 25.8. The van der Waals surface area contributed by atoms with Crippen LogP contribution in [0.25, 0.3) is 0 Å². The highest BCUT2D eigenvalue weighted by atomic mass is 32.2. The zero-order chi connectivity index (χ0) is 15.8. The van der Waals surface area contributed by atoms with Crippen LogP contribution in [-0.2, 0) is 19.4 Å². The summed E-state index contributed by atoms with van der Waals surface area (Å²) in [5.41, 5.74) is -0.957. The number of hydrogen-bond acceptors (Lipinski definition) is 4. The van der Waals surface area contributed by atoms with E-state index in [0.29, 0.717) is 6.42 Å². The zero-order valence-electron chi connectivity index (χ0n) is 12.8. The van der Waals surface area contributed by atoms with Crippen molar-refractivity contribution in [2.24, 2.45) is 0 Å². The van der Waals surface area contributed by atoms with Crippen LogP contribution in [0.1, 0.15) is 40.5 Å². The van der Waals surface area contributed by atoms with Crippen molar-refractivity contribution in [3.63, 3.8) is 0 Å². The Morgan fingerprint density at radius 2 is 1.90 bits per heavy atom. The second-order valence-corrected chi connectivity index (χ2v) is 8.89. The van der Waals surface area contributed by atoms with E-state index in [0.717, 1.165) is 6.26 Å². The number of nitrogens with one attached hydrogen (secondary N) is 1. The molecular weight excluding hydrogens is 280 g/mol. The lowest BCUT2D eigenvalue weighted by Gasteiger charge is -2.35. The Bertz CT molecular complexity index is 512. The van der Waals surface area contributed by atoms with E-state index < -0.39 is 20.1 Å². The van der Waals surface area contributed by atoms with E-state index >= 15 is 0 Å². The average molecular weight is 304 g/mol. The minimum Gasteiger partial charge on any atom is -0.342 e. The summed E-state index contributed by atoms with van der Waals surface area (Å²) in [6.45, 7) is 7.04. The topological polar surface area (TPSA) is 83.6 Å². The average Bonchev–Trinajstić information content (AvgIpc) is 2.40. The van der Waals surface area contributed by atoms with Crippen molar-refractivity contribution >= 4 is 21.7 Å². The number of hydrogen-bond donors (Lipinski definition) is 1. The van der Waals surface area contributed by atoms with E-state index in [1.165, 1.54) is 4.90 Å². The number of rotatable bonds is 4. The monoisotopic (exact) mass is 304 g/mol. The number of nitrogens with zero attached hydrogens (tertiary/aromatic N) is 1. The van der Waals surface area contributed by atoms with Gasteiger partial charge in [-0.2, -0.15) is 0 Å². The minimum absolute atomic E-state index is 0.0925. The third-order valence-corrected chi connectivity index (χ3v) is 6.20. The molecule has 1 atom stereocenters. The molecule has 1 aliphatic heterocycles. The standard InChI is InChI=1S/C13H24N2O4S/c1-6-13(4)11(17)15(8-7-10(16)14-13)9-12(2,3)20(5,18)19/h6-9H2,1-5H3,(H,14,16). The summed E-state index contributed by atoms with van der Waals surface area (Å²) in [7, 11) is -3.29. The number of carbonyl (C=O) groups excluding carboxylic acids is 2. The molecule has 7 heteroatoms. The second-order valence-electron chi connectivity index (χ2n) is 6.24. The highest BCUT2D eigenvalue weighted by Gasteiger charge is 2.42. The normalized spacial score (nSPS) is 25.4. The van der Waals surface area contributed by atoms with Crippen molar-refractivity contribution in [3.05, 3.63) is 0 Å². The predicted molar refractivity (Wildman–Crippen MR) is 77.0 cm³/mol. The zero-order valence-corrected chi connectivity index (χ0v) is 13.6. The fourth-order valence-electron chi connectivity index (χ4n) is 2.08. The van der Waals surface area contributed by atoms with Gasteiger partial charge in [0, 0.05) is 25.8 Å². The first kappa shape index (κ1) is 16.9. The summed E-state index contributed by atoms with van der Waals surface area (Å²) in [6.07, 6.45) is 1.83. The molecule has 1 saturated heterocycles. The Hall–Kier alpha value is -1.11. The van der Waals surface area contributed by atoms with Gasteiger partial charge in [-0.1, -0.05) is 6.92 Å². The number of amides is 2. The highest BCUT2D eigenvalue weighted by Crippen LogP contribution is 2.22. The van der Waals surface area contributed by atoms with Crippen LogP contribution < -0.4 is 5.32 Å². The van der Waals surface area contributed by atoms with Gasteiger partial charge in [0.2, 0.25) is 11.8 Å². The molecule has 0 aromatic heterocycles. The third-order valence-electron chi connectivity index (χ3n) is 4.07. The first-order chi connectivity index (χ1) is 8.93. The molecule has 2 amide bonds. The van der Waals surface area contributed by atoms with Crippen LogP contribution in [0.4, 0.5) is 0 Å². The smallest absolute Gasteiger partial charge is 0.248 e. The van der Waals surface area contributed by atoms with E-state index in [2.05, 4.69) is 5.32 Å². The molecule has 1 rings (SSSR count). The Morgan fingerprint density at radius 1 is 1.35 bits per heavy atom. The van der Waals surface area contributed by atoms with E-state index in [-0.39, 0.29) is 31.3 Å². The summed E-state index contributed by atoms with van der Waals surface area (Å²) in [5, 5.41) is 2.73. The Morgan fingerprint density at radius 3 is 2.35 bits per heavy atom. The first-order valence-corrected chi connectivity index (χ1v) is 8.62. The molecule has 6 nitrogen and oxygen atoms in total. The first-order valence-electron chi connectivity index (χ1n) is 6.73. The van der Waals surface area contributed by atoms with Crippen LogP contribution in [0.15, 0.2) is 0 Å². The molecule has 0 bridgehead atoms. The van der Waals surface area contributed by atoms with Crippen LogP contribution in [-0.4, -0.2) is 54.8 Å². The number of carbonyl (C=O) groups is 2. The largest absolute Gasteiger partial charge is 0.342 e. The molecule has 1 fully saturated rings. The molecule has 0 aliphatic carbocycles. The quantitative estimate of drug-likeness (QED) is 0.811. The molecule has 0 saturated carbocycles. The summed E-state index contributed by atoms with van der Waals surface area (Å²) in [5.74, 6) is -0.398. The van der Waals surface area contributed by atoms with Crippen molar-refractivity contribution in [3.8, 4) is 0 Å². The van der Waals surface area contributed by atoms with Crippen LogP contribution in [0.3, 0.4) is 0 Å². The van der Waals surface area contributed by atoms with Gasteiger partial charge < -0.3 is 10.2 Å². The van der Waals surface area contributed by atoms with Gasteiger partial charge in [-0.3, -0.25) is 9.59 Å². The molecule has 1 unspecified atom stereocenters. The van der Waals surface area contributed by atoms with Gasteiger partial charge in [-0.05, 0) is 27.2 Å². The van der Waals surface area contributed by atoms with Gasteiger partial charge in [-0.25, -0.2) is 8.42 Å². The number of sulfone groups is 1. The Labute approximate surface area is 120 Å². The van der Waals surface area contributed by atoms with Crippen LogP contribution in [0.5, 0.6) is 0 Å². The molecule has 20 heavy (non-hydrogen) atoms. The van der Waals surface area contributed by atoms with Crippen LogP contribution in [0.2, 0.25) is 0 Å². The summed E-state index contributed by atoms with van der Waals surface area (Å²) in [6, 6.07) is 0. The minimum atomic E-state index is -3.29. The SMILES string of the molecule is CCC1(C)NC(=O)CCN(CC(C)(C)S(C)(=O)=O)C1=O. The molecule has 0 aromatic carbocycles. The predicted octanol–water partition coefficient (Wildman–Crippen LogP) is 0.327. The van der Waals surface area contributed by atoms with Crippen molar-refractivity contribution in [2.45, 2.75) is 50.8 Å². The van der Waals surface area contributed by atoms with Crippen molar-refractivity contribution in [1.29, 1.82) is 0 Å². The Kier molecular flexibility index (Phi) is 4.53. The molecule has 116 valence electrons. The van der Waals surface area contributed by atoms with Crippen LogP contribution >= 0.6 is 0 Å². The van der Waals surface area contributed by atoms with Gasteiger partial charge in [0.15, 0.2) is 9.84 Å². The molecule has 0 aromatic rings. The van der Waals surface area contributed by atoms with Crippen molar-refractivity contribution < 1.29 is 18.0 Å². The van der Waals surface area contributed by atoms with Gasteiger partial charge >= 0.3 is 0 Å². The Balaban J connectivity index is 3.06. The van der Waals surface area contributed by atoms with Crippen molar-refractivity contribution in [2.75, 3.05) is 19.3 Å². The van der Waals surface area contributed by atoms with Crippen LogP contribution in [0, 0.1) is 0 Å². The maximum absolute atomic E-state index is 12.6. The van der Waals surface area contributed by atoms with Gasteiger partial charge in [0.1, 0.15) is 5.54 Å². The van der Waals surface area contributed by atoms with E-state index in [1.807, 2.05) is 6.92 Å². The second kappa shape index (κ2) is 5.35. The molecule has 0 spiro atoms. The molecule has 1 aliphatic rings. The molecular formula is C13H24N2O4S. The van der Waals surface area contributed by atoms with Gasteiger partial charge in [0.05, 0.1) is 4.75 Å². The maximum Gasteiger partial charge on any atom is 0.248 e. The molecule has 1 N–H and O–H groups in total. The maximum atomic E-state index is 12.6. The van der Waals surface area contributed by atoms with Gasteiger partial charge in [0.25, 0.3) is 0 Å². The lowest BCUT2D eigenvalue weighted by molar-refractivity contribution is -0.138. The fraction of sp³-hybridized carbons (Fsp3) is 0.846. The lowest BCUT2D eigenvalue weighted by Crippen LogP contribution is -2.57.